The van der Waals surface area contributed by atoms with Crippen LogP contribution in [-0.2, 0) is 19.6 Å². The van der Waals surface area contributed by atoms with E-state index in [9.17, 15) is 0 Å². The first-order valence-corrected chi connectivity index (χ1v) is 8.68. The summed E-state index contributed by atoms with van der Waals surface area (Å²) in [5.74, 6) is 2.63. The SMILES string of the molecule is CC1CC(C)CN(Cc2ccc(CNCc3ncc[nH]3)cc2)C1. The van der Waals surface area contributed by atoms with Gasteiger partial charge in [-0.1, -0.05) is 38.1 Å². The topological polar surface area (TPSA) is 44.0 Å². The minimum atomic E-state index is 0.776. The van der Waals surface area contributed by atoms with E-state index in [1.807, 2.05) is 6.20 Å². The van der Waals surface area contributed by atoms with E-state index in [1.54, 1.807) is 6.20 Å². The monoisotopic (exact) mass is 312 g/mol. The van der Waals surface area contributed by atoms with E-state index in [1.165, 1.54) is 30.6 Å². The number of aromatic amines is 1. The molecule has 0 aliphatic carbocycles. The van der Waals surface area contributed by atoms with Crippen molar-refractivity contribution in [2.45, 2.75) is 39.9 Å². The Bertz CT molecular complexity index is 566. The standard InChI is InChI=1S/C19H28N4/c1-15-9-16(2)13-23(12-15)14-18-5-3-17(4-6-18)10-20-11-19-21-7-8-22-19/h3-8,15-16,20H,9-14H2,1-2H3,(H,21,22). The Morgan fingerprint density at radius 2 is 1.78 bits per heavy atom. The average molecular weight is 312 g/mol. The normalized spacial score (nSPS) is 22.3. The van der Waals surface area contributed by atoms with Crippen LogP contribution < -0.4 is 5.32 Å². The molecule has 0 bridgehead atoms. The molecule has 2 N–H and O–H groups in total. The molecular weight excluding hydrogens is 284 g/mol. The molecule has 1 aromatic heterocycles. The van der Waals surface area contributed by atoms with E-state index in [2.05, 4.69) is 58.3 Å². The Morgan fingerprint density at radius 1 is 1.09 bits per heavy atom. The lowest BCUT2D eigenvalue weighted by Crippen LogP contribution is -2.38. The predicted octanol–water partition coefficient (Wildman–Crippen LogP) is 3.18. The summed E-state index contributed by atoms with van der Waals surface area (Å²) in [6, 6.07) is 9.02. The van der Waals surface area contributed by atoms with E-state index in [0.717, 1.165) is 37.3 Å². The zero-order valence-electron chi connectivity index (χ0n) is 14.3. The summed E-state index contributed by atoms with van der Waals surface area (Å²) in [4.78, 5) is 9.92. The maximum absolute atomic E-state index is 4.22. The van der Waals surface area contributed by atoms with Crippen LogP contribution in [0.25, 0.3) is 0 Å². The summed E-state index contributed by atoms with van der Waals surface area (Å²) >= 11 is 0. The average Bonchev–Trinajstić information content (AvgIpc) is 3.01. The van der Waals surface area contributed by atoms with Gasteiger partial charge in [0.05, 0.1) is 6.54 Å². The number of hydrogen-bond acceptors (Lipinski definition) is 3. The van der Waals surface area contributed by atoms with Gasteiger partial charge in [0.15, 0.2) is 0 Å². The molecule has 0 amide bonds. The molecule has 1 aliphatic rings. The van der Waals surface area contributed by atoms with E-state index in [-0.39, 0.29) is 0 Å². The molecule has 0 spiro atoms. The van der Waals surface area contributed by atoms with Crippen molar-refractivity contribution < 1.29 is 0 Å². The van der Waals surface area contributed by atoms with Gasteiger partial charge < -0.3 is 10.3 Å². The summed E-state index contributed by atoms with van der Waals surface area (Å²) in [6.07, 6.45) is 5.01. The molecule has 1 fully saturated rings. The number of H-pyrrole nitrogens is 1. The lowest BCUT2D eigenvalue weighted by atomic mass is 9.91. The van der Waals surface area contributed by atoms with Crippen LogP contribution >= 0.6 is 0 Å². The predicted molar refractivity (Wildman–Crippen MR) is 93.8 cm³/mol. The van der Waals surface area contributed by atoms with E-state index in [4.69, 9.17) is 0 Å². The summed E-state index contributed by atoms with van der Waals surface area (Å²) in [7, 11) is 0. The molecule has 1 saturated heterocycles. The van der Waals surface area contributed by atoms with Gasteiger partial charge in [0.25, 0.3) is 0 Å². The highest BCUT2D eigenvalue weighted by molar-refractivity contribution is 5.22. The highest BCUT2D eigenvalue weighted by Crippen LogP contribution is 2.22. The maximum Gasteiger partial charge on any atom is 0.120 e. The van der Waals surface area contributed by atoms with Crippen molar-refractivity contribution >= 4 is 0 Å². The third kappa shape index (κ3) is 4.91. The number of piperidine rings is 1. The van der Waals surface area contributed by atoms with Gasteiger partial charge in [0.2, 0.25) is 0 Å². The fraction of sp³-hybridized carbons (Fsp3) is 0.526. The third-order valence-electron chi connectivity index (χ3n) is 4.55. The first kappa shape index (κ1) is 16.2. The van der Waals surface area contributed by atoms with Crippen LogP contribution in [0.3, 0.4) is 0 Å². The largest absolute Gasteiger partial charge is 0.348 e. The lowest BCUT2D eigenvalue weighted by Gasteiger charge is -2.35. The molecular formula is C19H28N4. The van der Waals surface area contributed by atoms with Crippen LogP contribution in [0.5, 0.6) is 0 Å². The second kappa shape index (κ2) is 7.75. The minimum absolute atomic E-state index is 0.776. The van der Waals surface area contributed by atoms with Gasteiger partial charge in [0, 0.05) is 38.6 Å². The van der Waals surface area contributed by atoms with Gasteiger partial charge in [-0.25, -0.2) is 4.98 Å². The van der Waals surface area contributed by atoms with Gasteiger partial charge >= 0.3 is 0 Å². The summed E-state index contributed by atoms with van der Waals surface area (Å²) < 4.78 is 0. The molecule has 4 nitrogen and oxygen atoms in total. The summed E-state index contributed by atoms with van der Waals surface area (Å²) in [5, 5.41) is 3.41. The van der Waals surface area contributed by atoms with Gasteiger partial charge in [0.1, 0.15) is 5.82 Å². The molecule has 23 heavy (non-hydrogen) atoms. The highest BCUT2D eigenvalue weighted by Gasteiger charge is 2.21. The zero-order valence-corrected chi connectivity index (χ0v) is 14.3. The van der Waals surface area contributed by atoms with Crippen LogP contribution in [0.15, 0.2) is 36.7 Å². The molecule has 3 rings (SSSR count). The molecule has 1 aromatic carbocycles. The second-order valence-corrected chi connectivity index (χ2v) is 7.10. The van der Waals surface area contributed by atoms with Crippen LogP contribution in [0, 0.1) is 11.8 Å². The van der Waals surface area contributed by atoms with Crippen molar-refractivity contribution in [3.05, 3.63) is 53.6 Å². The fourth-order valence-electron chi connectivity index (χ4n) is 3.66. The number of rotatable bonds is 6. The van der Waals surface area contributed by atoms with Gasteiger partial charge in [-0.15, -0.1) is 0 Å². The number of aromatic nitrogens is 2. The Balaban J connectivity index is 1.47. The van der Waals surface area contributed by atoms with Crippen LogP contribution in [0.4, 0.5) is 0 Å². The van der Waals surface area contributed by atoms with Crippen LogP contribution in [0.1, 0.15) is 37.2 Å². The van der Waals surface area contributed by atoms with Crippen LogP contribution in [-0.4, -0.2) is 28.0 Å². The summed E-state index contributed by atoms with van der Waals surface area (Å²) in [6.45, 7) is 9.94. The lowest BCUT2D eigenvalue weighted by molar-refractivity contribution is 0.134. The summed E-state index contributed by atoms with van der Waals surface area (Å²) in [5.41, 5.74) is 2.74. The van der Waals surface area contributed by atoms with Gasteiger partial charge in [-0.05, 0) is 29.4 Å². The molecule has 2 aromatic rings. The molecule has 2 atom stereocenters. The fourth-order valence-corrected chi connectivity index (χ4v) is 3.66. The number of benzene rings is 1. The number of likely N-dealkylation sites (tertiary alicyclic amines) is 1. The Kier molecular flexibility index (Phi) is 5.47. The number of hydrogen-bond donors (Lipinski definition) is 2. The zero-order chi connectivity index (χ0) is 16.1. The third-order valence-corrected chi connectivity index (χ3v) is 4.55. The number of nitrogens with zero attached hydrogens (tertiary/aromatic N) is 2. The van der Waals surface area contributed by atoms with Crippen molar-refractivity contribution in [2.24, 2.45) is 11.8 Å². The molecule has 2 unspecified atom stereocenters. The van der Waals surface area contributed by atoms with Crippen molar-refractivity contribution in [1.82, 2.24) is 20.2 Å². The maximum atomic E-state index is 4.22. The molecule has 2 heterocycles. The van der Waals surface area contributed by atoms with Gasteiger partial charge in [-0.3, -0.25) is 4.90 Å². The second-order valence-electron chi connectivity index (χ2n) is 7.10. The van der Waals surface area contributed by atoms with E-state index < -0.39 is 0 Å². The Morgan fingerprint density at radius 3 is 2.43 bits per heavy atom. The molecule has 0 saturated carbocycles. The van der Waals surface area contributed by atoms with Gasteiger partial charge in [-0.2, -0.15) is 0 Å². The minimum Gasteiger partial charge on any atom is -0.348 e. The highest BCUT2D eigenvalue weighted by atomic mass is 15.1. The first-order chi connectivity index (χ1) is 11.2. The van der Waals surface area contributed by atoms with Crippen molar-refractivity contribution in [2.75, 3.05) is 13.1 Å². The van der Waals surface area contributed by atoms with Crippen molar-refractivity contribution in [3.8, 4) is 0 Å². The molecule has 4 heteroatoms. The van der Waals surface area contributed by atoms with Crippen molar-refractivity contribution in [3.63, 3.8) is 0 Å². The Labute approximate surface area is 139 Å². The first-order valence-electron chi connectivity index (χ1n) is 8.68. The number of imidazole rings is 1. The molecule has 124 valence electrons. The smallest absolute Gasteiger partial charge is 0.120 e. The Hall–Kier alpha value is -1.65. The van der Waals surface area contributed by atoms with E-state index >= 15 is 0 Å². The van der Waals surface area contributed by atoms with Crippen LogP contribution in [0.2, 0.25) is 0 Å². The van der Waals surface area contributed by atoms with Crippen molar-refractivity contribution in [1.29, 1.82) is 0 Å². The molecule has 0 radical (unpaired) electrons. The quantitative estimate of drug-likeness (QED) is 0.861. The number of nitrogens with one attached hydrogen (secondary N) is 2. The van der Waals surface area contributed by atoms with E-state index in [0.29, 0.717) is 0 Å². The molecule has 1 aliphatic heterocycles.